The largest absolute Gasteiger partial charge is 0.494 e. The fourth-order valence-corrected chi connectivity index (χ4v) is 1.17. The number of benzene rings is 1. The second kappa shape index (κ2) is 2.97. The van der Waals surface area contributed by atoms with Crippen LogP contribution in [0.15, 0.2) is 28.2 Å². The zero-order valence-electron chi connectivity index (χ0n) is 7.15. The summed E-state index contributed by atoms with van der Waals surface area (Å²) in [5.74, 6) is 0.718. The molecule has 1 aromatic carbocycles. The number of rotatable bonds is 2. The lowest BCUT2D eigenvalue weighted by molar-refractivity contribution is 0.256. The first kappa shape index (κ1) is 7.91. The first-order valence-electron chi connectivity index (χ1n) is 4.04. The summed E-state index contributed by atoms with van der Waals surface area (Å²) in [5, 5.41) is 1.21. The van der Waals surface area contributed by atoms with Crippen molar-refractivity contribution in [3.05, 3.63) is 28.9 Å². The Hall–Kier alpha value is -1.71. The maximum Gasteiger partial charge on any atom is 0.368 e. The van der Waals surface area contributed by atoms with Crippen LogP contribution in [0.5, 0.6) is 5.75 Å². The minimum absolute atomic E-state index is 0.441. The smallest absolute Gasteiger partial charge is 0.368 e. The molecule has 1 heterocycles. The lowest BCUT2D eigenvalue weighted by atomic mass is 10.3. The summed E-state index contributed by atoms with van der Waals surface area (Å²) in [7, 11) is 0. The van der Waals surface area contributed by atoms with E-state index < -0.39 is 6.03 Å². The molecule has 0 aromatic heterocycles. The second-order valence-electron chi connectivity index (χ2n) is 2.59. The van der Waals surface area contributed by atoms with Gasteiger partial charge >= 0.3 is 6.03 Å². The fourth-order valence-electron chi connectivity index (χ4n) is 1.17. The Kier molecular flexibility index (Phi) is 1.81. The molecule has 13 heavy (non-hydrogen) atoms. The van der Waals surface area contributed by atoms with E-state index in [0.717, 1.165) is 5.75 Å². The number of carbonyl (C=O) groups is 1. The summed E-state index contributed by atoms with van der Waals surface area (Å²) >= 11 is 0. The van der Waals surface area contributed by atoms with Crippen molar-refractivity contribution in [2.45, 2.75) is 6.92 Å². The first-order chi connectivity index (χ1) is 6.29. The third-order valence-corrected chi connectivity index (χ3v) is 1.69. The topological polar surface area (TPSA) is 51.0 Å². The number of carbonyl (C=O) groups excluding carboxylic acids is 1. The predicted molar refractivity (Wildman–Crippen MR) is 45.3 cm³/mol. The monoisotopic (exact) mass is 176 g/mol. The van der Waals surface area contributed by atoms with E-state index in [-0.39, 0.29) is 0 Å². The molecule has 4 heteroatoms. The molecule has 0 fully saturated rings. The Morgan fingerprint density at radius 2 is 2.08 bits per heavy atom. The van der Waals surface area contributed by atoms with Crippen molar-refractivity contribution >= 4 is 6.03 Å². The average molecular weight is 176 g/mol. The summed E-state index contributed by atoms with van der Waals surface area (Å²) in [6.45, 7) is 2.50. The highest BCUT2D eigenvalue weighted by Gasteiger charge is 2.04. The number of hydrogen-bond donors (Lipinski definition) is 0. The molecule has 66 valence electrons. The normalized spacial score (nSPS) is 13.2. The maximum absolute atomic E-state index is 10.8. The van der Waals surface area contributed by atoms with E-state index >= 15 is 0 Å². The maximum atomic E-state index is 10.8. The van der Waals surface area contributed by atoms with Gasteiger partial charge in [-0.2, -0.15) is 9.98 Å². The van der Waals surface area contributed by atoms with Gasteiger partial charge in [0, 0.05) is 6.07 Å². The Morgan fingerprint density at radius 1 is 1.31 bits per heavy atom. The first-order valence-corrected chi connectivity index (χ1v) is 4.04. The number of amides is 2. The third kappa shape index (κ3) is 1.42. The predicted octanol–water partition coefficient (Wildman–Crippen LogP) is 0.458. The van der Waals surface area contributed by atoms with E-state index in [1.165, 1.54) is 0 Å². The van der Waals surface area contributed by atoms with Crippen LogP contribution in [0.25, 0.3) is 0 Å². The highest BCUT2D eigenvalue weighted by Crippen LogP contribution is 2.03. The summed E-state index contributed by atoms with van der Waals surface area (Å²) in [6, 6.07) is 4.78. The van der Waals surface area contributed by atoms with E-state index in [1.807, 2.05) is 6.92 Å². The molecule has 2 rings (SSSR count). The molecule has 0 atom stereocenters. The molecule has 4 nitrogen and oxygen atoms in total. The summed E-state index contributed by atoms with van der Waals surface area (Å²) in [4.78, 5) is 18.2. The van der Waals surface area contributed by atoms with Gasteiger partial charge in [0.1, 0.15) is 5.75 Å². The molecule has 0 saturated heterocycles. The average Bonchev–Trinajstić information content (AvgIpc) is 2.44. The molecular formula is C9H8N2O2. The minimum atomic E-state index is -0.441. The van der Waals surface area contributed by atoms with Crippen molar-refractivity contribution in [1.82, 2.24) is 0 Å². The highest BCUT2D eigenvalue weighted by molar-refractivity contribution is 5.77. The van der Waals surface area contributed by atoms with Gasteiger partial charge in [-0.3, -0.25) is 0 Å². The van der Waals surface area contributed by atoms with E-state index in [9.17, 15) is 4.79 Å². The van der Waals surface area contributed by atoms with Crippen molar-refractivity contribution in [1.29, 1.82) is 0 Å². The third-order valence-electron chi connectivity index (χ3n) is 1.69. The summed E-state index contributed by atoms with van der Waals surface area (Å²) in [6.07, 6.45) is 0. The van der Waals surface area contributed by atoms with Crippen LogP contribution in [0, 0.1) is 0 Å². The lowest BCUT2D eigenvalue weighted by Gasteiger charge is -1.99. The number of hydrogen-bond acceptors (Lipinski definition) is 2. The van der Waals surface area contributed by atoms with E-state index in [2.05, 4.69) is 9.98 Å². The molecule has 1 aromatic rings. The fraction of sp³-hybridized carbons (Fsp3) is 0.222. The van der Waals surface area contributed by atoms with Crippen LogP contribution < -0.4 is 15.5 Å². The van der Waals surface area contributed by atoms with Crippen LogP contribution in [0.4, 0.5) is 4.79 Å². The molecule has 2 amide bonds. The number of urea groups is 1. The van der Waals surface area contributed by atoms with Gasteiger partial charge in [-0.1, -0.05) is 0 Å². The molecule has 0 bridgehead atoms. The van der Waals surface area contributed by atoms with Gasteiger partial charge in [0.15, 0.2) is 0 Å². The molecule has 0 radical (unpaired) electrons. The Morgan fingerprint density at radius 3 is 2.85 bits per heavy atom. The van der Waals surface area contributed by atoms with Gasteiger partial charge in [-0.15, -0.1) is 0 Å². The van der Waals surface area contributed by atoms with Crippen LogP contribution in [-0.4, -0.2) is 12.6 Å². The van der Waals surface area contributed by atoms with Crippen molar-refractivity contribution in [2.24, 2.45) is 9.98 Å². The Balaban J connectivity index is 2.53. The van der Waals surface area contributed by atoms with Gasteiger partial charge in [0.2, 0.25) is 0 Å². The Bertz CT molecular complexity index is 465. The molecule has 1 aliphatic heterocycles. The minimum Gasteiger partial charge on any atom is -0.494 e. The molecular weight excluding hydrogens is 168 g/mol. The van der Waals surface area contributed by atoms with Gasteiger partial charge in [-0.05, 0) is 19.1 Å². The van der Waals surface area contributed by atoms with E-state index in [1.54, 1.807) is 18.2 Å². The van der Waals surface area contributed by atoms with Crippen molar-refractivity contribution in [3.63, 3.8) is 0 Å². The molecule has 0 unspecified atom stereocenters. The number of nitrogens with zero attached hydrogens (tertiary/aromatic N) is 2. The molecule has 0 spiro atoms. The van der Waals surface area contributed by atoms with Crippen LogP contribution >= 0.6 is 0 Å². The lowest BCUT2D eigenvalue weighted by Crippen LogP contribution is -2.20. The van der Waals surface area contributed by atoms with Gasteiger partial charge in [-0.25, -0.2) is 4.79 Å². The van der Waals surface area contributed by atoms with Gasteiger partial charge in [0.05, 0.1) is 17.3 Å². The molecule has 0 saturated carbocycles. The number of ether oxygens (including phenoxy) is 1. The zero-order chi connectivity index (χ0) is 9.26. The summed E-state index contributed by atoms with van der Waals surface area (Å²) < 4.78 is 5.25. The van der Waals surface area contributed by atoms with Gasteiger partial charge < -0.3 is 4.74 Å². The zero-order valence-corrected chi connectivity index (χ0v) is 7.15. The Labute approximate surface area is 74.6 Å². The summed E-state index contributed by atoms with van der Waals surface area (Å²) in [5.41, 5.74) is 0. The SMILES string of the molecule is CCOc1ccc2c(c1)=NC(=O)N=2. The standard InChI is InChI=1S/C9H8N2O2/c1-2-13-6-3-4-7-8(5-6)11-9(12)10-7/h3-5H,2H2,1H3. The second-order valence-corrected chi connectivity index (χ2v) is 2.59. The molecule has 0 N–H and O–H groups in total. The molecule has 1 aliphatic rings. The van der Waals surface area contributed by atoms with Crippen molar-refractivity contribution < 1.29 is 9.53 Å². The van der Waals surface area contributed by atoms with Crippen molar-refractivity contribution in [3.8, 4) is 5.75 Å². The highest BCUT2D eigenvalue weighted by atomic mass is 16.5. The quantitative estimate of drug-likeness (QED) is 0.657. The molecule has 0 aliphatic carbocycles. The van der Waals surface area contributed by atoms with E-state index in [0.29, 0.717) is 17.3 Å². The van der Waals surface area contributed by atoms with Crippen LogP contribution in [0.2, 0.25) is 0 Å². The van der Waals surface area contributed by atoms with Crippen LogP contribution in [0.1, 0.15) is 6.92 Å². The van der Waals surface area contributed by atoms with Crippen LogP contribution in [-0.2, 0) is 0 Å². The van der Waals surface area contributed by atoms with Gasteiger partial charge in [0.25, 0.3) is 0 Å². The van der Waals surface area contributed by atoms with Crippen LogP contribution in [0.3, 0.4) is 0 Å². The number of fused-ring (bicyclic) bond motifs is 1. The van der Waals surface area contributed by atoms with E-state index in [4.69, 9.17) is 4.74 Å². The van der Waals surface area contributed by atoms with Crippen molar-refractivity contribution in [2.75, 3.05) is 6.61 Å².